The number of Topliss-reactive ketones (excluding diaryl/α,β-unsaturated/α-hetero) is 1. The summed E-state index contributed by atoms with van der Waals surface area (Å²) in [6, 6.07) is 19.6. The number of para-hydroxylation sites is 1. The highest BCUT2D eigenvalue weighted by Gasteiger charge is 2.29. The highest BCUT2D eigenvalue weighted by molar-refractivity contribution is 6.61. The zero-order valence-corrected chi connectivity index (χ0v) is 15.1. The minimum Gasteiger partial charge on any atom is -0.457 e. The second-order valence-electron chi connectivity index (χ2n) is 6.68. The molecule has 140 valence electrons. The van der Waals surface area contributed by atoms with Crippen molar-refractivity contribution in [2.24, 2.45) is 0 Å². The van der Waals surface area contributed by atoms with Gasteiger partial charge in [0.2, 0.25) is 0 Å². The van der Waals surface area contributed by atoms with Gasteiger partial charge in [-0.1, -0.05) is 30.3 Å². The second kappa shape index (κ2) is 7.96. The van der Waals surface area contributed by atoms with E-state index in [1.54, 1.807) is 0 Å². The van der Waals surface area contributed by atoms with Gasteiger partial charge < -0.3 is 14.4 Å². The molecule has 6 heteroatoms. The number of fused-ring (bicyclic) bond motifs is 1. The summed E-state index contributed by atoms with van der Waals surface area (Å²) in [6.07, 6.45) is 0.658. The average molecular weight is 376 g/mol. The van der Waals surface area contributed by atoms with E-state index in [9.17, 15) is 14.2 Å². The quantitative estimate of drug-likeness (QED) is 0.527. The van der Waals surface area contributed by atoms with Crippen molar-refractivity contribution in [3.05, 3.63) is 89.2 Å². The first kappa shape index (κ1) is 18.4. The van der Waals surface area contributed by atoms with E-state index in [0.29, 0.717) is 23.2 Å². The first-order valence-electron chi connectivity index (χ1n) is 9.07. The highest BCUT2D eigenvalue weighted by atomic mass is 19.1. The lowest BCUT2D eigenvalue weighted by Crippen LogP contribution is -2.29. The maximum atomic E-state index is 14.2. The molecule has 3 aromatic carbocycles. The third-order valence-electron chi connectivity index (χ3n) is 4.74. The minimum atomic E-state index is -1.10. The summed E-state index contributed by atoms with van der Waals surface area (Å²) in [5, 5.41) is 9.75. The molecule has 1 N–H and O–H groups in total. The van der Waals surface area contributed by atoms with Crippen molar-refractivity contribution in [1.29, 1.82) is 0 Å². The second-order valence-corrected chi connectivity index (χ2v) is 6.68. The van der Waals surface area contributed by atoms with Gasteiger partial charge in [0.15, 0.2) is 5.78 Å². The predicted molar refractivity (Wildman–Crippen MR) is 104 cm³/mol. The number of aryl methyl sites for hydroxylation is 1. The molecule has 1 aliphatic heterocycles. The number of hydrogen-bond donors (Lipinski definition) is 1. The number of benzene rings is 3. The molecular weight excluding hydrogens is 358 g/mol. The zero-order chi connectivity index (χ0) is 19.5. The molecule has 0 amide bonds. The fraction of sp³-hybridized carbons (Fsp3) is 0.136. The Hall–Kier alpha value is -2.96. The molecule has 28 heavy (non-hydrogen) atoms. The largest absolute Gasteiger partial charge is 0.491 e. The van der Waals surface area contributed by atoms with Crippen molar-refractivity contribution >= 4 is 18.4 Å². The van der Waals surface area contributed by atoms with Gasteiger partial charge in [0, 0.05) is 6.42 Å². The lowest BCUT2D eigenvalue weighted by Gasteiger charge is -2.08. The number of ketones is 1. The van der Waals surface area contributed by atoms with Crippen LogP contribution in [0.25, 0.3) is 0 Å². The molecule has 0 spiro atoms. The van der Waals surface area contributed by atoms with Crippen LogP contribution in [0.2, 0.25) is 0 Å². The van der Waals surface area contributed by atoms with Gasteiger partial charge in [-0.15, -0.1) is 0 Å². The maximum Gasteiger partial charge on any atom is 0.491 e. The highest BCUT2D eigenvalue weighted by Crippen LogP contribution is 2.22. The summed E-state index contributed by atoms with van der Waals surface area (Å²) < 4.78 is 25.0. The van der Waals surface area contributed by atoms with Crippen LogP contribution in [0.1, 0.15) is 27.9 Å². The van der Waals surface area contributed by atoms with Crippen LogP contribution in [0.15, 0.2) is 66.7 Å². The molecule has 4 rings (SSSR count). The molecule has 4 nitrogen and oxygen atoms in total. The molecule has 0 atom stereocenters. The summed E-state index contributed by atoms with van der Waals surface area (Å²) in [4.78, 5) is 12.5. The number of ether oxygens (including phenoxy) is 1. The number of hydrogen-bond acceptors (Lipinski definition) is 4. The molecular formula is C22H18BFO4. The van der Waals surface area contributed by atoms with Crippen molar-refractivity contribution in [2.45, 2.75) is 19.4 Å². The Morgan fingerprint density at radius 1 is 1.07 bits per heavy atom. The number of halogens is 1. The Labute approximate surface area is 162 Å². The van der Waals surface area contributed by atoms with Crippen molar-refractivity contribution < 1.29 is 23.6 Å². The Kier molecular flexibility index (Phi) is 5.24. The Morgan fingerprint density at radius 3 is 2.54 bits per heavy atom. The minimum absolute atomic E-state index is 0.00710. The molecule has 0 saturated carbocycles. The molecule has 0 aliphatic carbocycles. The van der Waals surface area contributed by atoms with Crippen molar-refractivity contribution in [3.8, 4) is 11.5 Å². The third kappa shape index (κ3) is 3.98. The lowest BCUT2D eigenvalue weighted by molar-refractivity contribution is 0.0979. The molecule has 0 aromatic heterocycles. The maximum absolute atomic E-state index is 14.2. The molecule has 0 fully saturated rings. The first-order valence-corrected chi connectivity index (χ1v) is 9.07. The van der Waals surface area contributed by atoms with Crippen LogP contribution in [0.4, 0.5) is 4.39 Å². The molecule has 3 aromatic rings. The van der Waals surface area contributed by atoms with Gasteiger partial charge >= 0.3 is 7.12 Å². The predicted octanol–water partition coefficient (Wildman–Crippen LogP) is 3.65. The Bertz CT molecular complexity index is 989. The topological polar surface area (TPSA) is 55.8 Å². The van der Waals surface area contributed by atoms with Crippen LogP contribution in [0.5, 0.6) is 11.5 Å². The van der Waals surface area contributed by atoms with E-state index in [-0.39, 0.29) is 24.4 Å². The summed E-state index contributed by atoms with van der Waals surface area (Å²) in [7, 11) is -1.10. The van der Waals surface area contributed by atoms with Crippen LogP contribution in [-0.2, 0) is 17.7 Å². The molecule has 0 saturated heterocycles. The standard InChI is InChI=1S/C22H18BFO4/c24-21-12-16-14-27-23(26)20(16)13-19(21)22(25)11-8-15-6-9-18(10-7-15)28-17-4-2-1-3-5-17/h1-7,9-10,12-13,26H,8,11,14H2. The summed E-state index contributed by atoms with van der Waals surface area (Å²) in [5.41, 5.74) is 1.99. The van der Waals surface area contributed by atoms with Gasteiger partial charge in [-0.2, -0.15) is 0 Å². The van der Waals surface area contributed by atoms with Gasteiger partial charge in [-0.05, 0) is 59.4 Å². The van der Waals surface area contributed by atoms with Crippen LogP contribution in [0.3, 0.4) is 0 Å². The summed E-state index contributed by atoms with van der Waals surface area (Å²) in [6.45, 7) is 0.152. The monoisotopic (exact) mass is 376 g/mol. The van der Waals surface area contributed by atoms with Crippen LogP contribution >= 0.6 is 0 Å². The summed E-state index contributed by atoms with van der Waals surface area (Å²) >= 11 is 0. The van der Waals surface area contributed by atoms with Crippen LogP contribution < -0.4 is 10.2 Å². The fourth-order valence-electron chi connectivity index (χ4n) is 3.20. The first-order chi connectivity index (χ1) is 13.6. The Morgan fingerprint density at radius 2 is 1.79 bits per heavy atom. The van der Waals surface area contributed by atoms with Crippen LogP contribution in [-0.4, -0.2) is 17.9 Å². The zero-order valence-electron chi connectivity index (χ0n) is 15.1. The van der Waals surface area contributed by atoms with Crippen LogP contribution in [0, 0.1) is 5.82 Å². The summed E-state index contributed by atoms with van der Waals surface area (Å²) in [5.74, 6) is 0.584. The third-order valence-corrected chi connectivity index (χ3v) is 4.74. The normalized spacial score (nSPS) is 12.7. The SMILES string of the molecule is O=C(CCc1ccc(Oc2ccccc2)cc1)c1cc2c(cc1F)COB2O. The fourth-order valence-corrected chi connectivity index (χ4v) is 3.20. The van der Waals surface area contributed by atoms with E-state index in [1.807, 2.05) is 54.6 Å². The lowest BCUT2D eigenvalue weighted by atomic mass is 9.78. The Balaban J connectivity index is 1.39. The smallest absolute Gasteiger partial charge is 0.457 e. The average Bonchev–Trinajstić information content (AvgIpc) is 3.07. The van der Waals surface area contributed by atoms with E-state index < -0.39 is 12.9 Å². The van der Waals surface area contributed by atoms with E-state index in [2.05, 4.69) is 0 Å². The molecule has 1 heterocycles. The molecule has 0 unspecified atom stereocenters. The van der Waals surface area contributed by atoms with E-state index in [4.69, 9.17) is 9.39 Å². The van der Waals surface area contributed by atoms with E-state index in [0.717, 1.165) is 11.3 Å². The van der Waals surface area contributed by atoms with Gasteiger partial charge in [0.25, 0.3) is 0 Å². The van der Waals surface area contributed by atoms with Crippen molar-refractivity contribution in [2.75, 3.05) is 0 Å². The molecule has 0 radical (unpaired) electrons. The van der Waals surface area contributed by atoms with Crippen molar-refractivity contribution in [1.82, 2.24) is 0 Å². The van der Waals surface area contributed by atoms with Gasteiger partial charge in [-0.25, -0.2) is 4.39 Å². The number of carbonyl (C=O) groups is 1. The van der Waals surface area contributed by atoms with E-state index in [1.165, 1.54) is 12.1 Å². The van der Waals surface area contributed by atoms with Gasteiger partial charge in [0.1, 0.15) is 17.3 Å². The van der Waals surface area contributed by atoms with Gasteiger partial charge in [-0.3, -0.25) is 4.79 Å². The molecule has 1 aliphatic rings. The number of carbonyl (C=O) groups excluding carboxylic acids is 1. The number of rotatable bonds is 6. The van der Waals surface area contributed by atoms with Gasteiger partial charge in [0.05, 0.1) is 12.2 Å². The molecule has 0 bridgehead atoms. The van der Waals surface area contributed by atoms with E-state index >= 15 is 0 Å². The van der Waals surface area contributed by atoms with Crippen molar-refractivity contribution in [3.63, 3.8) is 0 Å².